The van der Waals surface area contributed by atoms with Crippen molar-refractivity contribution in [3.8, 4) is 11.5 Å². The van der Waals surface area contributed by atoms with E-state index in [-0.39, 0.29) is 5.91 Å². The molecule has 0 aliphatic carbocycles. The van der Waals surface area contributed by atoms with Crippen molar-refractivity contribution < 1.29 is 14.3 Å². The fourth-order valence-electron chi connectivity index (χ4n) is 3.49. The number of likely N-dealkylation sites (tertiary alicyclic amines) is 1. The molecule has 3 rings (SSSR count). The van der Waals surface area contributed by atoms with Crippen LogP contribution in [0.15, 0.2) is 54.6 Å². The van der Waals surface area contributed by atoms with E-state index in [0.29, 0.717) is 11.7 Å². The number of ether oxygens (including phenoxy) is 2. The smallest absolute Gasteiger partial charge is 0.263 e. The van der Waals surface area contributed by atoms with Crippen molar-refractivity contribution in [3.63, 3.8) is 0 Å². The van der Waals surface area contributed by atoms with E-state index in [1.54, 1.807) is 13.2 Å². The van der Waals surface area contributed by atoms with Gasteiger partial charge in [0.25, 0.3) is 5.91 Å². The highest BCUT2D eigenvalue weighted by Gasteiger charge is 2.27. The average Bonchev–Trinajstić information content (AvgIpc) is 2.69. The van der Waals surface area contributed by atoms with Crippen LogP contribution >= 0.6 is 0 Å². The van der Waals surface area contributed by atoms with Crippen molar-refractivity contribution >= 4 is 5.91 Å². The van der Waals surface area contributed by atoms with E-state index >= 15 is 0 Å². The van der Waals surface area contributed by atoms with Gasteiger partial charge in [0, 0.05) is 19.2 Å². The molecular weight excluding hydrogens is 326 g/mol. The number of hydrogen-bond acceptors (Lipinski definition) is 3. The largest absolute Gasteiger partial charge is 0.497 e. The Labute approximate surface area is 155 Å². The monoisotopic (exact) mass is 353 g/mol. The zero-order chi connectivity index (χ0) is 18.4. The number of hydrogen-bond donors (Lipinski definition) is 0. The van der Waals surface area contributed by atoms with E-state index in [0.717, 1.165) is 38.1 Å². The lowest BCUT2D eigenvalue weighted by molar-refractivity contribution is -0.139. The Bertz CT molecular complexity index is 708. The third-order valence-corrected chi connectivity index (χ3v) is 5.00. The topological polar surface area (TPSA) is 38.8 Å². The van der Waals surface area contributed by atoms with E-state index in [1.807, 2.05) is 30.0 Å². The second-order valence-electron chi connectivity index (χ2n) is 6.90. The van der Waals surface area contributed by atoms with Gasteiger partial charge in [-0.05, 0) is 49.8 Å². The highest BCUT2D eigenvalue weighted by atomic mass is 16.5. The highest BCUT2D eigenvalue weighted by molar-refractivity contribution is 5.81. The summed E-state index contributed by atoms with van der Waals surface area (Å²) in [5.41, 5.74) is 1.38. The fraction of sp³-hybridized carbons (Fsp3) is 0.409. The number of piperidine rings is 1. The fourth-order valence-corrected chi connectivity index (χ4v) is 3.49. The van der Waals surface area contributed by atoms with Crippen LogP contribution in [0.4, 0.5) is 0 Å². The first kappa shape index (κ1) is 18.3. The van der Waals surface area contributed by atoms with Gasteiger partial charge in [-0.2, -0.15) is 0 Å². The second-order valence-corrected chi connectivity index (χ2v) is 6.90. The Morgan fingerprint density at radius 3 is 2.46 bits per heavy atom. The molecule has 1 unspecified atom stereocenters. The summed E-state index contributed by atoms with van der Waals surface area (Å²) < 4.78 is 11.0. The molecule has 138 valence electrons. The van der Waals surface area contributed by atoms with Gasteiger partial charge in [0.15, 0.2) is 6.10 Å². The molecule has 4 heteroatoms. The molecule has 0 saturated carbocycles. The number of benzene rings is 2. The third-order valence-electron chi connectivity index (χ3n) is 5.00. The number of nitrogens with zero attached hydrogens (tertiary/aromatic N) is 1. The molecular formula is C22H27NO3. The Kier molecular flexibility index (Phi) is 6.16. The molecule has 1 fully saturated rings. The normalized spacial score (nSPS) is 16.2. The van der Waals surface area contributed by atoms with E-state index < -0.39 is 6.10 Å². The summed E-state index contributed by atoms with van der Waals surface area (Å²) in [6, 6.07) is 18.0. The van der Waals surface area contributed by atoms with Gasteiger partial charge in [-0.25, -0.2) is 0 Å². The van der Waals surface area contributed by atoms with Crippen LogP contribution in [0.1, 0.15) is 25.3 Å². The van der Waals surface area contributed by atoms with Gasteiger partial charge in [0.1, 0.15) is 11.5 Å². The minimum atomic E-state index is -0.493. The maximum atomic E-state index is 12.7. The van der Waals surface area contributed by atoms with E-state index in [4.69, 9.17) is 9.47 Å². The summed E-state index contributed by atoms with van der Waals surface area (Å²) in [5.74, 6) is 2.09. The van der Waals surface area contributed by atoms with Crippen LogP contribution in [0.25, 0.3) is 0 Å². The minimum absolute atomic E-state index is 0.0611. The van der Waals surface area contributed by atoms with E-state index in [1.165, 1.54) is 5.56 Å². The summed E-state index contributed by atoms with van der Waals surface area (Å²) >= 11 is 0. The quantitative estimate of drug-likeness (QED) is 0.789. The van der Waals surface area contributed by atoms with Crippen molar-refractivity contribution in [1.82, 2.24) is 4.90 Å². The van der Waals surface area contributed by atoms with Gasteiger partial charge in [-0.1, -0.05) is 36.4 Å². The van der Waals surface area contributed by atoms with Crippen LogP contribution in [0, 0.1) is 5.92 Å². The minimum Gasteiger partial charge on any atom is -0.497 e. The standard InChI is InChI=1S/C22H27NO3/c1-17(26-21-10-6-9-20(16-21)25-2)22(24)23-13-11-19(12-14-23)15-18-7-4-3-5-8-18/h3-10,16-17,19H,11-15H2,1-2H3. The maximum Gasteiger partial charge on any atom is 0.263 e. The molecule has 2 aromatic rings. The first-order chi connectivity index (χ1) is 12.7. The molecule has 1 saturated heterocycles. The van der Waals surface area contributed by atoms with Crippen molar-refractivity contribution in [1.29, 1.82) is 0 Å². The molecule has 0 N–H and O–H groups in total. The molecule has 0 radical (unpaired) electrons. The number of carbonyl (C=O) groups excluding carboxylic acids is 1. The SMILES string of the molecule is COc1cccc(OC(C)C(=O)N2CCC(Cc3ccccc3)CC2)c1. The molecule has 4 nitrogen and oxygen atoms in total. The van der Waals surface area contributed by atoms with Gasteiger partial charge in [-0.15, -0.1) is 0 Å². The van der Waals surface area contributed by atoms with Gasteiger partial charge < -0.3 is 14.4 Å². The Morgan fingerprint density at radius 2 is 1.77 bits per heavy atom. The van der Waals surface area contributed by atoms with Gasteiger partial charge in [-0.3, -0.25) is 4.79 Å². The highest BCUT2D eigenvalue weighted by Crippen LogP contribution is 2.24. The van der Waals surface area contributed by atoms with Gasteiger partial charge >= 0.3 is 0 Å². The van der Waals surface area contributed by atoms with Crippen LogP contribution < -0.4 is 9.47 Å². The predicted octanol–water partition coefficient (Wildman–Crippen LogP) is 3.94. The maximum absolute atomic E-state index is 12.7. The number of methoxy groups -OCH3 is 1. The molecule has 2 aromatic carbocycles. The molecule has 1 amide bonds. The van der Waals surface area contributed by atoms with E-state index in [2.05, 4.69) is 30.3 Å². The van der Waals surface area contributed by atoms with Crippen LogP contribution in [-0.4, -0.2) is 37.1 Å². The molecule has 0 spiro atoms. The Hall–Kier alpha value is -2.49. The first-order valence-corrected chi connectivity index (χ1v) is 9.29. The van der Waals surface area contributed by atoms with Crippen molar-refractivity contribution in [3.05, 3.63) is 60.2 Å². The number of rotatable bonds is 6. The lowest BCUT2D eigenvalue weighted by Gasteiger charge is -2.33. The molecule has 0 bridgehead atoms. The Balaban J connectivity index is 1.49. The summed E-state index contributed by atoms with van der Waals surface area (Å²) in [6.45, 7) is 3.43. The zero-order valence-corrected chi connectivity index (χ0v) is 15.6. The zero-order valence-electron chi connectivity index (χ0n) is 15.6. The average molecular weight is 353 g/mol. The van der Waals surface area contributed by atoms with Crippen LogP contribution in [0.2, 0.25) is 0 Å². The summed E-state index contributed by atoms with van der Waals surface area (Å²) in [6.07, 6.45) is 2.70. The van der Waals surface area contributed by atoms with Crippen molar-refractivity contribution in [2.24, 2.45) is 5.92 Å². The van der Waals surface area contributed by atoms with Crippen LogP contribution in [-0.2, 0) is 11.2 Å². The molecule has 1 atom stereocenters. The first-order valence-electron chi connectivity index (χ1n) is 9.29. The number of amides is 1. The summed E-state index contributed by atoms with van der Waals surface area (Å²) in [5, 5.41) is 0. The summed E-state index contributed by atoms with van der Waals surface area (Å²) in [7, 11) is 1.62. The molecule has 1 aliphatic rings. The van der Waals surface area contributed by atoms with Crippen LogP contribution in [0.5, 0.6) is 11.5 Å². The molecule has 26 heavy (non-hydrogen) atoms. The van der Waals surface area contributed by atoms with E-state index in [9.17, 15) is 4.79 Å². The Morgan fingerprint density at radius 1 is 1.08 bits per heavy atom. The lowest BCUT2D eigenvalue weighted by atomic mass is 9.90. The van der Waals surface area contributed by atoms with Crippen molar-refractivity contribution in [2.75, 3.05) is 20.2 Å². The van der Waals surface area contributed by atoms with Crippen molar-refractivity contribution in [2.45, 2.75) is 32.3 Å². The lowest BCUT2D eigenvalue weighted by Crippen LogP contribution is -2.45. The second kappa shape index (κ2) is 8.75. The number of carbonyl (C=O) groups is 1. The summed E-state index contributed by atoms with van der Waals surface area (Å²) in [4.78, 5) is 14.6. The van der Waals surface area contributed by atoms with Crippen LogP contribution in [0.3, 0.4) is 0 Å². The molecule has 1 aliphatic heterocycles. The molecule has 1 heterocycles. The third kappa shape index (κ3) is 4.78. The predicted molar refractivity (Wildman–Crippen MR) is 103 cm³/mol. The van der Waals surface area contributed by atoms with Gasteiger partial charge in [0.05, 0.1) is 7.11 Å². The molecule has 0 aromatic heterocycles. The van der Waals surface area contributed by atoms with Gasteiger partial charge in [0.2, 0.25) is 0 Å².